The van der Waals surface area contributed by atoms with Crippen molar-refractivity contribution in [3.8, 4) is 0 Å². The lowest BCUT2D eigenvalue weighted by molar-refractivity contribution is -0.138. The standard InChI is InChI=1S/C17H15BrF3N3O2/c1-3-24-7-6-10-13(16(24)26)22-23(2)14(10)15(25)9-4-5-11(12(18)8-9)17(19,20)21/h4-8,15,25H,3H2,1-2H3. The van der Waals surface area contributed by atoms with E-state index in [-0.39, 0.29) is 21.1 Å². The van der Waals surface area contributed by atoms with Crippen LogP contribution < -0.4 is 5.56 Å². The predicted molar refractivity (Wildman–Crippen MR) is 93.9 cm³/mol. The van der Waals surface area contributed by atoms with Gasteiger partial charge in [-0.25, -0.2) is 0 Å². The number of hydrogen-bond donors (Lipinski definition) is 1. The summed E-state index contributed by atoms with van der Waals surface area (Å²) in [5.74, 6) is 0. The van der Waals surface area contributed by atoms with Crippen molar-refractivity contribution < 1.29 is 18.3 Å². The van der Waals surface area contributed by atoms with E-state index in [0.717, 1.165) is 6.07 Å². The predicted octanol–water partition coefficient (Wildman–Crippen LogP) is 3.62. The molecule has 0 spiro atoms. The molecule has 5 nitrogen and oxygen atoms in total. The monoisotopic (exact) mass is 429 g/mol. The first kappa shape index (κ1) is 18.7. The van der Waals surface area contributed by atoms with Gasteiger partial charge >= 0.3 is 6.18 Å². The van der Waals surface area contributed by atoms with Crippen LogP contribution in [0.15, 0.2) is 39.7 Å². The maximum Gasteiger partial charge on any atom is 0.417 e. The molecule has 2 aromatic heterocycles. The molecule has 2 heterocycles. The van der Waals surface area contributed by atoms with Crippen molar-refractivity contribution in [1.29, 1.82) is 0 Å². The van der Waals surface area contributed by atoms with Crippen LogP contribution in [0, 0.1) is 0 Å². The highest BCUT2D eigenvalue weighted by atomic mass is 79.9. The van der Waals surface area contributed by atoms with Gasteiger partial charge in [-0.2, -0.15) is 18.3 Å². The summed E-state index contributed by atoms with van der Waals surface area (Å²) in [6, 6.07) is 5.01. The van der Waals surface area contributed by atoms with Crippen molar-refractivity contribution >= 4 is 26.8 Å². The Bertz CT molecular complexity index is 1040. The molecule has 26 heavy (non-hydrogen) atoms. The topological polar surface area (TPSA) is 60.1 Å². The molecule has 0 bridgehead atoms. The molecule has 1 aromatic carbocycles. The van der Waals surface area contributed by atoms with Crippen LogP contribution in [0.2, 0.25) is 0 Å². The molecule has 0 aliphatic carbocycles. The summed E-state index contributed by atoms with van der Waals surface area (Å²) in [6.07, 6.45) is -4.13. The zero-order chi connectivity index (χ0) is 19.2. The number of aliphatic hydroxyl groups excluding tert-OH is 1. The molecular weight excluding hydrogens is 415 g/mol. The Morgan fingerprint density at radius 3 is 2.58 bits per heavy atom. The molecule has 0 radical (unpaired) electrons. The minimum absolute atomic E-state index is 0.165. The molecule has 138 valence electrons. The van der Waals surface area contributed by atoms with Gasteiger partial charge in [0.05, 0.1) is 11.3 Å². The number of fused-ring (bicyclic) bond motifs is 1. The Labute approximate surface area is 154 Å². The SMILES string of the molecule is CCn1ccc2c(C(O)c3ccc(C(F)(F)F)c(Br)c3)n(C)nc2c1=O. The fraction of sp³-hybridized carbons (Fsp3) is 0.294. The van der Waals surface area contributed by atoms with Crippen LogP contribution in [-0.4, -0.2) is 19.5 Å². The second kappa shape index (κ2) is 6.55. The molecule has 0 amide bonds. The number of pyridine rings is 1. The van der Waals surface area contributed by atoms with Crippen LogP contribution in [0.5, 0.6) is 0 Å². The van der Waals surface area contributed by atoms with Gasteiger partial charge in [0.2, 0.25) is 0 Å². The number of hydrogen-bond acceptors (Lipinski definition) is 3. The average molecular weight is 430 g/mol. The summed E-state index contributed by atoms with van der Waals surface area (Å²) < 4.78 is 41.4. The summed E-state index contributed by atoms with van der Waals surface area (Å²) in [6.45, 7) is 2.31. The van der Waals surface area contributed by atoms with Gasteiger partial charge in [0.25, 0.3) is 5.56 Å². The lowest BCUT2D eigenvalue weighted by Gasteiger charge is -2.15. The fourth-order valence-corrected chi connectivity index (χ4v) is 3.53. The van der Waals surface area contributed by atoms with Crippen LogP contribution in [0.25, 0.3) is 10.9 Å². The average Bonchev–Trinajstić information content (AvgIpc) is 2.90. The van der Waals surface area contributed by atoms with E-state index in [4.69, 9.17) is 0 Å². The third kappa shape index (κ3) is 3.05. The lowest BCUT2D eigenvalue weighted by atomic mass is 10.0. The van der Waals surface area contributed by atoms with Gasteiger partial charge in [0, 0.05) is 29.6 Å². The van der Waals surface area contributed by atoms with Gasteiger partial charge < -0.3 is 9.67 Å². The molecule has 0 fully saturated rings. The molecule has 3 rings (SSSR count). The minimum Gasteiger partial charge on any atom is -0.382 e. The summed E-state index contributed by atoms with van der Waals surface area (Å²) in [7, 11) is 1.58. The van der Waals surface area contributed by atoms with Gasteiger partial charge in [0.15, 0.2) is 5.52 Å². The van der Waals surface area contributed by atoms with Gasteiger partial charge in [-0.1, -0.05) is 22.0 Å². The zero-order valence-electron chi connectivity index (χ0n) is 13.9. The number of halogens is 4. The molecular formula is C17H15BrF3N3O2. The highest BCUT2D eigenvalue weighted by Gasteiger charge is 2.33. The number of aliphatic hydroxyl groups is 1. The summed E-state index contributed by atoms with van der Waals surface area (Å²) in [4.78, 5) is 12.4. The van der Waals surface area contributed by atoms with E-state index in [2.05, 4.69) is 21.0 Å². The van der Waals surface area contributed by atoms with Gasteiger partial charge in [0.1, 0.15) is 6.10 Å². The highest BCUT2D eigenvalue weighted by Crippen LogP contribution is 2.37. The second-order valence-corrected chi connectivity index (χ2v) is 6.67. The number of rotatable bonds is 3. The van der Waals surface area contributed by atoms with Gasteiger partial charge in [-0.3, -0.25) is 9.48 Å². The van der Waals surface area contributed by atoms with Crippen LogP contribution >= 0.6 is 15.9 Å². The van der Waals surface area contributed by atoms with E-state index in [1.807, 2.05) is 6.92 Å². The molecule has 9 heteroatoms. The van der Waals surface area contributed by atoms with E-state index >= 15 is 0 Å². The molecule has 1 N–H and O–H groups in total. The Balaban J connectivity index is 2.13. The van der Waals surface area contributed by atoms with Crippen molar-refractivity contribution in [2.45, 2.75) is 25.7 Å². The molecule has 0 aliphatic rings. The molecule has 1 atom stereocenters. The van der Waals surface area contributed by atoms with E-state index in [0.29, 0.717) is 17.6 Å². The maximum absolute atomic E-state index is 12.9. The van der Waals surface area contributed by atoms with Gasteiger partial charge in [-0.15, -0.1) is 0 Å². The third-order valence-corrected chi connectivity index (χ3v) is 4.88. The Kier molecular flexibility index (Phi) is 4.70. The number of nitrogens with zero attached hydrogens (tertiary/aromatic N) is 3. The molecule has 3 aromatic rings. The van der Waals surface area contributed by atoms with Crippen molar-refractivity contribution in [2.24, 2.45) is 7.05 Å². The van der Waals surface area contributed by atoms with Gasteiger partial charge in [-0.05, 0) is 30.7 Å². The fourth-order valence-electron chi connectivity index (χ4n) is 2.91. The van der Waals surface area contributed by atoms with Crippen molar-refractivity contribution in [3.05, 3.63) is 62.1 Å². The summed E-state index contributed by atoms with van der Waals surface area (Å²) in [5, 5.41) is 15.4. The van der Waals surface area contributed by atoms with Crippen LogP contribution in [0.3, 0.4) is 0 Å². The summed E-state index contributed by atoms with van der Waals surface area (Å²) in [5.41, 5.74) is -0.305. The quantitative estimate of drug-likeness (QED) is 0.691. The Morgan fingerprint density at radius 2 is 2.00 bits per heavy atom. The second-order valence-electron chi connectivity index (χ2n) is 5.82. The minimum atomic E-state index is -4.49. The van der Waals surface area contributed by atoms with E-state index in [1.165, 1.54) is 21.4 Å². The van der Waals surface area contributed by atoms with E-state index in [9.17, 15) is 23.1 Å². The number of alkyl halides is 3. The lowest BCUT2D eigenvalue weighted by Crippen LogP contribution is -2.18. The smallest absolute Gasteiger partial charge is 0.382 e. The normalized spacial score (nSPS) is 13.3. The molecule has 0 saturated heterocycles. The largest absolute Gasteiger partial charge is 0.417 e. The van der Waals surface area contributed by atoms with Crippen LogP contribution in [0.1, 0.15) is 29.8 Å². The van der Waals surface area contributed by atoms with Crippen molar-refractivity contribution in [2.75, 3.05) is 0 Å². The number of aryl methyl sites for hydroxylation is 2. The maximum atomic E-state index is 12.9. The molecule has 1 unspecified atom stereocenters. The molecule has 0 saturated carbocycles. The summed E-state index contributed by atoms with van der Waals surface area (Å²) >= 11 is 2.91. The van der Waals surface area contributed by atoms with Crippen LogP contribution in [0.4, 0.5) is 13.2 Å². The highest BCUT2D eigenvalue weighted by molar-refractivity contribution is 9.10. The molecule has 0 aliphatic heterocycles. The third-order valence-electron chi connectivity index (χ3n) is 4.23. The van der Waals surface area contributed by atoms with Crippen LogP contribution in [-0.2, 0) is 19.8 Å². The number of benzene rings is 1. The Hall–Kier alpha value is -2.13. The number of aromatic nitrogens is 3. The van der Waals surface area contributed by atoms with E-state index < -0.39 is 17.8 Å². The zero-order valence-corrected chi connectivity index (χ0v) is 15.5. The van der Waals surface area contributed by atoms with Crippen molar-refractivity contribution in [1.82, 2.24) is 14.3 Å². The first-order chi connectivity index (χ1) is 12.1. The first-order valence-electron chi connectivity index (χ1n) is 7.76. The van der Waals surface area contributed by atoms with E-state index in [1.54, 1.807) is 19.3 Å². The first-order valence-corrected chi connectivity index (χ1v) is 8.55. The van der Waals surface area contributed by atoms with Crippen molar-refractivity contribution in [3.63, 3.8) is 0 Å². The Morgan fingerprint density at radius 1 is 1.31 bits per heavy atom.